The van der Waals surface area contributed by atoms with E-state index in [1.165, 1.54) is 28.2 Å². The zero-order valence-corrected chi connectivity index (χ0v) is 10.4. The first-order valence-corrected chi connectivity index (χ1v) is 6.33. The second-order valence-corrected chi connectivity index (χ2v) is 5.81. The molecule has 0 amide bonds. The first kappa shape index (κ1) is 10.7. The van der Waals surface area contributed by atoms with Crippen molar-refractivity contribution in [3.63, 3.8) is 0 Å². The summed E-state index contributed by atoms with van der Waals surface area (Å²) in [6.07, 6.45) is 4.22. The highest BCUT2D eigenvalue weighted by Crippen LogP contribution is 2.54. The molecule has 14 heavy (non-hydrogen) atoms. The maximum Gasteiger partial charge on any atom is 0.0320 e. The van der Waals surface area contributed by atoms with Crippen molar-refractivity contribution >= 4 is 31.9 Å². The highest BCUT2D eigenvalue weighted by Gasteiger charge is 2.36. The average molecular weight is 318 g/mol. The fourth-order valence-electron chi connectivity index (χ4n) is 2.83. The Labute approximate surface area is 102 Å². The summed E-state index contributed by atoms with van der Waals surface area (Å²) in [6, 6.07) is 4.62. The van der Waals surface area contributed by atoms with Crippen LogP contribution in [-0.4, -0.2) is 0 Å². The number of benzene rings is 1. The van der Waals surface area contributed by atoms with Crippen molar-refractivity contribution in [2.45, 2.75) is 38.5 Å². The van der Waals surface area contributed by atoms with Crippen LogP contribution in [0, 0.1) is 0 Å². The minimum absolute atomic E-state index is 0. The molecule has 1 aromatic rings. The SMILES string of the molecule is Brc1cc2c(cc1Br)C1CCC2C1.C. The Balaban J connectivity index is 0.000000750. The van der Waals surface area contributed by atoms with Crippen molar-refractivity contribution in [3.05, 3.63) is 32.2 Å². The second kappa shape index (κ2) is 3.64. The summed E-state index contributed by atoms with van der Waals surface area (Å²) in [5, 5.41) is 0. The number of hydrogen-bond donors (Lipinski definition) is 0. The molecule has 0 aliphatic heterocycles. The van der Waals surface area contributed by atoms with Gasteiger partial charge in [-0.3, -0.25) is 0 Å². The predicted molar refractivity (Wildman–Crippen MR) is 67.9 cm³/mol. The van der Waals surface area contributed by atoms with Gasteiger partial charge < -0.3 is 0 Å². The Hall–Kier alpha value is 0.180. The van der Waals surface area contributed by atoms with Crippen LogP contribution >= 0.6 is 31.9 Å². The summed E-state index contributed by atoms with van der Waals surface area (Å²) >= 11 is 7.15. The lowest BCUT2D eigenvalue weighted by atomic mass is 9.92. The minimum atomic E-state index is 0. The first-order valence-electron chi connectivity index (χ1n) is 4.74. The van der Waals surface area contributed by atoms with Crippen molar-refractivity contribution in [3.8, 4) is 0 Å². The van der Waals surface area contributed by atoms with Gasteiger partial charge in [0, 0.05) is 8.95 Å². The molecule has 0 radical (unpaired) electrons. The maximum atomic E-state index is 3.57. The molecule has 0 heterocycles. The third kappa shape index (κ3) is 1.38. The van der Waals surface area contributed by atoms with Crippen LogP contribution in [0.25, 0.3) is 0 Å². The Morgan fingerprint density at radius 2 is 1.36 bits per heavy atom. The van der Waals surface area contributed by atoms with Crippen molar-refractivity contribution in [1.29, 1.82) is 0 Å². The van der Waals surface area contributed by atoms with E-state index in [9.17, 15) is 0 Å². The summed E-state index contributed by atoms with van der Waals surface area (Å²) in [6.45, 7) is 0. The molecule has 0 spiro atoms. The van der Waals surface area contributed by atoms with Gasteiger partial charge in [-0.25, -0.2) is 0 Å². The summed E-state index contributed by atoms with van der Waals surface area (Å²) in [4.78, 5) is 0. The lowest BCUT2D eigenvalue weighted by Gasteiger charge is -2.15. The lowest BCUT2D eigenvalue weighted by Crippen LogP contribution is -1.97. The van der Waals surface area contributed by atoms with Gasteiger partial charge in [-0.15, -0.1) is 0 Å². The van der Waals surface area contributed by atoms with Gasteiger partial charge in [0.15, 0.2) is 0 Å². The molecule has 2 unspecified atom stereocenters. The summed E-state index contributed by atoms with van der Waals surface area (Å²) < 4.78 is 2.41. The molecule has 1 saturated carbocycles. The number of halogens is 2. The van der Waals surface area contributed by atoms with Gasteiger partial charge in [-0.05, 0) is 86.2 Å². The first-order chi connectivity index (χ1) is 6.25. The molecule has 0 nitrogen and oxygen atoms in total. The Morgan fingerprint density at radius 1 is 0.929 bits per heavy atom. The molecule has 3 rings (SSSR count). The molecule has 1 aromatic carbocycles. The Morgan fingerprint density at radius 3 is 1.79 bits per heavy atom. The van der Waals surface area contributed by atoms with Crippen LogP contribution in [0.2, 0.25) is 0 Å². The molecule has 2 aliphatic carbocycles. The quantitative estimate of drug-likeness (QED) is 0.616. The van der Waals surface area contributed by atoms with E-state index in [0.29, 0.717) is 0 Å². The summed E-state index contributed by atoms with van der Waals surface area (Å²) in [5.41, 5.74) is 3.21. The van der Waals surface area contributed by atoms with Gasteiger partial charge in [0.2, 0.25) is 0 Å². The topological polar surface area (TPSA) is 0 Å². The normalized spacial score (nSPS) is 27.3. The van der Waals surface area contributed by atoms with Crippen LogP contribution in [0.5, 0.6) is 0 Å². The molecule has 2 aliphatic rings. The number of hydrogen-bond acceptors (Lipinski definition) is 0. The molecule has 0 aromatic heterocycles. The van der Waals surface area contributed by atoms with E-state index in [1.807, 2.05) is 0 Å². The van der Waals surface area contributed by atoms with Gasteiger partial charge in [0.05, 0.1) is 0 Å². The van der Waals surface area contributed by atoms with Crippen LogP contribution < -0.4 is 0 Å². The largest absolute Gasteiger partial charge is 0.0776 e. The highest BCUT2D eigenvalue weighted by atomic mass is 79.9. The van der Waals surface area contributed by atoms with Crippen LogP contribution in [0.4, 0.5) is 0 Å². The zero-order chi connectivity index (χ0) is 9.00. The van der Waals surface area contributed by atoms with Gasteiger partial charge in [-0.2, -0.15) is 0 Å². The standard InChI is InChI=1S/C11H10Br2.CH4/c12-10-4-8-6-1-2-7(3-6)9(8)5-11(10)13;/h4-7H,1-3H2;1H4. The van der Waals surface area contributed by atoms with Crippen LogP contribution in [0.15, 0.2) is 21.1 Å². The number of rotatable bonds is 0. The Kier molecular flexibility index (Phi) is 2.78. The molecule has 2 atom stereocenters. The van der Waals surface area contributed by atoms with Crippen molar-refractivity contribution in [1.82, 2.24) is 0 Å². The summed E-state index contributed by atoms with van der Waals surface area (Å²) in [5.74, 6) is 1.73. The smallest absolute Gasteiger partial charge is 0.0320 e. The van der Waals surface area contributed by atoms with Gasteiger partial charge >= 0.3 is 0 Å². The van der Waals surface area contributed by atoms with Gasteiger partial charge in [0.25, 0.3) is 0 Å². The van der Waals surface area contributed by atoms with E-state index in [2.05, 4.69) is 44.0 Å². The Bertz CT molecular complexity index is 336. The predicted octanol–water partition coefficient (Wildman–Crippen LogP) is 5.21. The third-order valence-corrected chi connectivity index (χ3v) is 5.28. The molecule has 0 saturated heterocycles. The number of fused-ring (bicyclic) bond motifs is 5. The summed E-state index contributed by atoms with van der Waals surface area (Å²) in [7, 11) is 0. The van der Waals surface area contributed by atoms with Gasteiger partial charge in [-0.1, -0.05) is 7.43 Å². The maximum absolute atomic E-state index is 3.57. The van der Waals surface area contributed by atoms with E-state index < -0.39 is 0 Å². The van der Waals surface area contributed by atoms with E-state index in [4.69, 9.17) is 0 Å². The van der Waals surface area contributed by atoms with Gasteiger partial charge in [0.1, 0.15) is 0 Å². The van der Waals surface area contributed by atoms with E-state index in [-0.39, 0.29) is 7.43 Å². The third-order valence-electron chi connectivity index (χ3n) is 3.44. The average Bonchev–Trinajstić information content (AvgIpc) is 2.67. The molecule has 2 bridgehead atoms. The van der Waals surface area contributed by atoms with Crippen LogP contribution in [0.1, 0.15) is 49.7 Å². The van der Waals surface area contributed by atoms with E-state index in [1.54, 1.807) is 11.1 Å². The molecular weight excluding hydrogens is 304 g/mol. The molecule has 0 N–H and O–H groups in total. The monoisotopic (exact) mass is 316 g/mol. The zero-order valence-electron chi connectivity index (χ0n) is 7.19. The van der Waals surface area contributed by atoms with E-state index >= 15 is 0 Å². The molecule has 2 heteroatoms. The highest BCUT2D eigenvalue weighted by molar-refractivity contribution is 9.13. The molecule has 1 fully saturated rings. The van der Waals surface area contributed by atoms with Crippen LogP contribution in [0.3, 0.4) is 0 Å². The fraction of sp³-hybridized carbons (Fsp3) is 0.500. The lowest BCUT2D eigenvalue weighted by molar-refractivity contribution is 0.716. The van der Waals surface area contributed by atoms with Crippen molar-refractivity contribution < 1.29 is 0 Å². The minimum Gasteiger partial charge on any atom is -0.0776 e. The molecular formula is C12H14Br2. The molecule has 76 valence electrons. The van der Waals surface area contributed by atoms with Crippen molar-refractivity contribution in [2.75, 3.05) is 0 Å². The van der Waals surface area contributed by atoms with E-state index in [0.717, 1.165) is 11.8 Å². The van der Waals surface area contributed by atoms with Crippen LogP contribution in [-0.2, 0) is 0 Å². The fourth-order valence-corrected chi connectivity index (χ4v) is 3.55. The second-order valence-electron chi connectivity index (χ2n) is 4.10. The van der Waals surface area contributed by atoms with Crippen molar-refractivity contribution in [2.24, 2.45) is 0 Å².